The zero-order chi connectivity index (χ0) is 10.2. The lowest BCUT2D eigenvalue weighted by molar-refractivity contribution is -0.0447. The van der Waals surface area contributed by atoms with Crippen molar-refractivity contribution in [2.24, 2.45) is 5.92 Å². The predicted octanol–water partition coefficient (Wildman–Crippen LogP) is 3.21. The molecule has 4 atom stereocenters. The summed E-state index contributed by atoms with van der Waals surface area (Å²) in [5.41, 5.74) is -0.338. The monoisotopic (exact) mass is 214 g/mol. The average Bonchev–Trinajstić information content (AvgIpc) is 2.17. The Bertz CT molecular complexity index is 206. The van der Waals surface area contributed by atoms with E-state index in [0.717, 1.165) is 18.1 Å². The fourth-order valence-corrected chi connectivity index (χ4v) is 5.14. The summed E-state index contributed by atoms with van der Waals surface area (Å²) in [4.78, 5) is 0. The van der Waals surface area contributed by atoms with E-state index < -0.39 is 0 Å². The van der Waals surface area contributed by atoms with Crippen molar-refractivity contribution < 1.29 is 5.11 Å². The second kappa shape index (κ2) is 4.05. The zero-order valence-electron chi connectivity index (χ0n) is 9.33. The molecule has 0 aromatic rings. The highest BCUT2D eigenvalue weighted by molar-refractivity contribution is 8.00. The van der Waals surface area contributed by atoms with Gasteiger partial charge in [-0.3, -0.25) is 0 Å². The van der Waals surface area contributed by atoms with Crippen LogP contribution in [-0.2, 0) is 0 Å². The van der Waals surface area contributed by atoms with Gasteiger partial charge in [0.25, 0.3) is 0 Å². The maximum Gasteiger partial charge on any atom is 0.0694 e. The Morgan fingerprint density at radius 3 is 2.79 bits per heavy atom. The van der Waals surface area contributed by atoms with Gasteiger partial charge in [-0.15, -0.1) is 0 Å². The molecule has 4 unspecified atom stereocenters. The summed E-state index contributed by atoms with van der Waals surface area (Å²) in [5.74, 6) is 0.586. The van der Waals surface area contributed by atoms with Crippen molar-refractivity contribution in [1.29, 1.82) is 0 Å². The molecule has 0 aromatic carbocycles. The van der Waals surface area contributed by atoms with Crippen molar-refractivity contribution in [3.63, 3.8) is 0 Å². The van der Waals surface area contributed by atoms with Gasteiger partial charge in [0.2, 0.25) is 0 Å². The Morgan fingerprint density at radius 2 is 2.07 bits per heavy atom. The molecule has 0 amide bonds. The molecule has 2 rings (SSSR count). The first-order valence-corrected chi connectivity index (χ1v) is 6.98. The highest BCUT2D eigenvalue weighted by Crippen LogP contribution is 2.49. The molecule has 1 saturated heterocycles. The highest BCUT2D eigenvalue weighted by atomic mass is 32.2. The molecular formula is C12H22OS. The van der Waals surface area contributed by atoms with Crippen molar-refractivity contribution >= 4 is 11.8 Å². The van der Waals surface area contributed by atoms with Gasteiger partial charge in [0.15, 0.2) is 0 Å². The molecule has 14 heavy (non-hydrogen) atoms. The first kappa shape index (κ1) is 10.8. The predicted molar refractivity (Wildman–Crippen MR) is 62.7 cm³/mol. The van der Waals surface area contributed by atoms with Crippen molar-refractivity contribution in [2.45, 2.75) is 68.5 Å². The van der Waals surface area contributed by atoms with Gasteiger partial charge >= 0.3 is 0 Å². The first-order chi connectivity index (χ1) is 6.65. The van der Waals surface area contributed by atoms with Gasteiger partial charge in [-0.2, -0.15) is 11.8 Å². The van der Waals surface area contributed by atoms with Crippen LogP contribution in [0.4, 0.5) is 0 Å². The smallest absolute Gasteiger partial charge is 0.0694 e. The molecule has 2 aliphatic rings. The van der Waals surface area contributed by atoms with Crippen LogP contribution in [0, 0.1) is 5.92 Å². The molecule has 1 aliphatic carbocycles. The minimum absolute atomic E-state index is 0.338. The molecule has 1 saturated carbocycles. The minimum atomic E-state index is -0.338. The minimum Gasteiger partial charge on any atom is -0.390 e. The molecule has 1 heterocycles. The number of aliphatic hydroxyl groups is 1. The summed E-state index contributed by atoms with van der Waals surface area (Å²) in [5, 5.41) is 12.0. The molecule has 1 nitrogen and oxygen atoms in total. The molecule has 82 valence electrons. The molecule has 1 N–H and O–H groups in total. The topological polar surface area (TPSA) is 20.2 Å². The van der Waals surface area contributed by atoms with Gasteiger partial charge < -0.3 is 5.11 Å². The second-order valence-electron chi connectivity index (χ2n) is 5.04. The van der Waals surface area contributed by atoms with E-state index in [1.165, 1.54) is 25.7 Å². The summed E-state index contributed by atoms with van der Waals surface area (Å²) in [7, 11) is 0. The molecular weight excluding hydrogens is 192 g/mol. The van der Waals surface area contributed by atoms with Gasteiger partial charge in [-0.1, -0.05) is 26.7 Å². The summed E-state index contributed by atoms with van der Waals surface area (Å²) in [6, 6.07) is 0. The number of thioether (sulfide) groups is 1. The fourth-order valence-electron chi connectivity index (χ4n) is 3.28. The Morgan fingerprint density at radius 1 is 1.36 bits per heavy atom. The Kier molecular flexibility index (Phi) is 3.13. The van der Waals surface area contributed by atoms with E-state index in [1.54, 1.807) is 0 Å². The SMILES string of the molecule is CCC1(O)CC(C)SC2CCCCC21. The van der Waals surface area contributed by atoms with Crippen LogP contribution in [-0.4, -0.2) is 21.2 Å². The van der Waals surface area contributed by atoms with Crippen LogP contribution in [0.25, 0.3) is 0 Å². The largest absolute Gasteiger partial charge is 0.390 e. The normalized spacial score (nSPS) is 48.6. The van der Waals surface area contributed by atoms with Crippen molar-refractivity contribution in [3.8, 4) is 0 Å². The van der Waals surface area contributed by atoms with Crippen molar-refractivity contribution in [3.05, 3.63) is 0 Å². The molecule has 0 aromatic heterocycles. The number of fused-ring (bicyclic) bond motifs is 1. The maximum atomic E-state index is 10.6. The van der Waals surface area contributed by atoms with Crippen LogP contribution < -0.4 is 0 Å². The Hall–Kier alpha value is 0.310. The zero-order valence-corrected chi connectivity index (χ0v) is 10.1. The van der Waals surface area contributed by atoms with Crippen LogP contribution in [0.3, 0.4) is 0 Å². The lowest BCUT2D eigenvalue weighted by atomic mass is 9.72. The number of hydrogen-bond acceptors (Lipinski definition) is 2. The van der Waals surface area contributed by atoms with Crippen LogP contribution in [0.15, 0.2) is 0 Å². The standard InChI is InChI=1S/C12H22OS/c1-3-12(13)8-9(2)14-11-7-5-4-6-10(11)12/h9-11,13H,3-8H2,1-2H3. The maximum absolute atomic E-state index is 10.6. The summed E-state index contributed by atoms with van der Waals surface area (Å²) >= 11 is 2.13. The Labute approximate surface area is 91.7 Å². The number of hydrogen-bond donors (Lipinski definition) is 1. The first-order valence-electron chi connectivity index (χ1n) is 6.03. The van der Waals surface area contributed by atoms with Crippen LogP contribution in [0.5, 0.6) is 0 Å². The second-order valence-corrected chi connectivity index (χ2v) is 6.72. The quantitative estimate of drug-likeness (QED) is 0.723. The molecule has 1 aliphatic heterocycles. The van der Waals surface area contributed by atoms with E-state index in [1.807, 2.05) is 0 Å². The third-order valence-electron chi connectivity index (χ3n) is 4.05. The molecule has 2 heteroatoms. The summed E-state index contributed by atoms with van der Waals surface area (Å²) < 4.78 is 0. The molecule has 0 bridgehead atoms. The van der Waals surface area contributed by atoms with Gasteiger partial charge in [0.1, 0.15) is 0 Å². The van der Waals surface area contributed by atoms with Crippen molar-refractivity contribution in [1.82, 2.24) is 0 Å². The third-order valence-corrected chi connectivity index (χ3v) is 5.60. The number of rotatable bonds is 1. The van der Waals surface area contributed by atoms with Crippen LogP contribution in [0.2, 0.25) is 0 Å². The van der Waals surface area contributed by atoms with Crippen molar-refractivity contribution in [2.75, 3.05) is 0 Å². The lowest BCUT2D eigenvalue weighted by Gasteiger charge is -2.48. The van der Waals surface area contributed by atoms with E-state index in [-0.39, 0.29) is 5.60 Å². The van der Waals surface area contributed by atoms with Gasteiger partial charge in [-0.05, 0) is 31.6 Å². The fraction of sp³-hybridized carbons (Fsp3) is 1.00. The van der Waals surface area contributed by atoms with Gasteiger partial charge in [-0.25, -0.2) is 0 Å². The van der Waals surface area contributed by atoms with Crippen LogP contribution in [0.1, 0.15) is 52.4 Å². The Balaban J connectivity index is 2.15. The van der Waals surface area contributed by atoms with E-state index in [4.69, 9.17) is 0 Å². The summed E-state index contributed by atoms with van der Waals surface area (Å²) in [6.45, 7) is 4.42. The van der Waals surface area contributed by atoms with E-state index in [9.17, 15) is 5.11 Å². The molecule has 0 radical (unpaired) electrons. The van der Waals surface area contributed by atoms with E-state index in [2.05, 4.69) is 25.6 Å². The lowest BCUT2D eigenvalue weighted by Crippen LogP contribution is -2.49. The van der Waals surface area contributed by atoms with Gasteiger partial charge in [0.05, 0.1) is 5.60 Å². The van der Waals surface area contributed by atoms with E-state index in [0.29, 0.717) is 11.2 Å². The average molecular weight is 214 g/mol. The van der Waals surface area contributed by atoms with E-state index >= 15 is 0 Å². The summed E-state index contributed by atoms with van der Waals surface area (Å²) in [6.07, 6.45) is 7.25. The third kappa shape index (κ3) is 1.83. The van der Waals surface area contributed by atoms with Crippen LogP contribution >= 0.6 is 11.8 Å². The highest BCUT2D eigenvalue weighted by Gasteiger charge is 2.46. The molecule has 0 spiro atoms. The molecule has 2 fully saturated rings. The van der Waals surface area contributed by atoms with Gasteiger partial charge in [0, 0.05) is 10.5 Å².